The lowest BCUT2D eigenvalue weighted by Crippen LogP contribution is -2.24. The first-order chi connectivity index (χ1) is 14.6. The minimum atomic E-state index is -0.146. The number of carbonyl (C=O) groups is 1. The SMILES string of the molecule is CCc1nn2c(c1C(=O)NCc1ccc(OC)cc1OC)N[C@@H](c1ccccc1)C2. The van der Waals surface area contributed by atoms with Crippen LogP contribution in [0.3, 0.4) is 0 Å². The van der Waals surface area contributed by atoms with Gasteiger partial charge in [-0.3, -0.25) is 4.79 Å². The summed E-state index contributed by atoms with van der Waals surface area (Å²) in [5, 5.41) is 11.2. The molecule has 0 bridgehead atoms. The number of hydrogen-bond acceptors (Lipinski definition) is 5. The average molecular weight is 406 g/mol. The van der Waals surface area contributed by atoms with Crippen molar-refractivity contribution < 1.29 is 14.3 Å². The predicted octanol–water partition coefficient (Wildman–Crippen LogP) is 3.56. The molecule has 7 nitrogen and oxygen atoms in total. The molecule has 0 unspecified atom stereocenters. The quantitative estimate of drug-likeness (QED) is 0.627. The molecule has 0 saturated heterocycles. The zero-order chi connectivity index (χ0) is 21.1. The van der Waals surface area contributed by atoms with Gasteiger partial charge in [0.15, 0.2) is 0 Å². The monoisotopic (exact) mass is 406 g/mol. The van der Waals surface area contributed by atoms with Crippen molar-refractivity contribution in [3.05, 3.63) is 70.9 Å². The fraction of sp³-hybridized carbons (Fsp3) is 0.304. The molecule has 3 aromatic rings. The van der Waals surface area contributed by atoms with Gasteiger partial charge < -0.3 is 20.1 Å². The number of anilines is 1. The predicted molar refractivity (Wildman–Crippen MR) is 115 cm³/mol. The number of ether oxygens (including phenoxy) is 2. The largest absolute Gasteiger partial charge is 0.497 e. The molecule has 7 heteroatoms. The van der Waals surface area contributed by atoms with Crippen LogP contribution in [0.4, 0.5) is 5.82 Å². The van der Waals surface area contributed by atoms with Crippen LogP contribution < -0.4 is 20.1 Å². The van der Waals surface area contributed by atoms with Gasteiger partial charge in [0, 0.05) is 18.2 Å². The van der Waals surface area contributed by atoms with Gasteiger partial charge in [0.25, 0.3) is 5.91 Å². The van der Waals surface area contributed by atoms with Crippen LogP contribution in [0.15, 0.2) is 48.5 Å². The lowest BCUT2D eigenvalue weighted by atomic mass is 10.1. The highest BCUT2D eigenvalue weighted by Crippen LogP contribution is 2.33. The molecule has 1 amide bonds. The Morgan fingerprint density at radius 3 is 2.70 bits per heavy atom. The van der Waals surface area contributed by atoms with Crippen molar-refractivity contribution in [1.29, 1.82) is 0 Å². The maximum Gasteiger partial charge on any atom is 0.257 e. The molecule has 156 valence electrons. The fourth-order valence-electron chi connectivity index (χ4n) is 3.80. The summed E-state index contributed by atoms with van der Waals surface area (Å²) in [5.41, 5.74) is 3.46. The van der Waals surface area contributed by atoms with E-state index in [4.69, 9.17) is 9.47 Å². The second-order valence-corrected chi connectivity index (χ2v) is 7.17. The number of benzene rings is 2. The topological polar surface area (TPSA) is 77.4 Å². The lowest BCUT2D eigenvalue weighted by Gasteiger charge is -2.13. The first-order valence-electron chi connectivity index (χ1n) is 10.0. The van der Waals surface area contributed by atoms with E-state index in [0.717, 1.165) is 17.1 Å². The van der Waals surface area contributed by atoms with Crippen LogP contribution in [0.1, 0.15) is 40.1 Å². The number of nitrogens with zero attached hydrogens (tertiary/aromatic N) is 2. The minimum Gasteiger partial charge on any atom is -0.497 e. The number of carbonyl (C=O) groups excluding carboxylic acids is 1. The number of nitrogens with one attached hydrogen (secondary N) is 2. The molecule has 2 N–H and O–H groups in total. The summed E-state index contributed by atoms with van der Waals surface area (Å²) in [7, 11) is 3.21. The number of amides is 1. The van der Waals surface area contributed by atoms with E-state index in [1.807, 2.05) is 48.0 Å². The number of aryl methyl sites for hydroxylation is 1. The lowest BCUT2D eigenvalue weighted by molar-refractivity contribution is 0.0950. The van der Waals surface area contributed by atoms with Crippen molar-refractivity contribution in [1.82, 2.24) is 15.1 Å². The molecule has 2 aromatic carbocycles. The molecule has 1 aromatic heterocycles. The molecule has 4 rings (SSSR count). The van der Waals surface area contributed by atoms with Crippen LogP contribution in [-0.2, 0) is 19.5 Å². The van der Waals surface area contributed by atoms with Crippen molar-refractivity contribution in [3.8, 4) is 11.5 Å². The van der Waals surface area contributed by atoms with E-state index in [1.165, 1.54) is 5.56 Å². The number of hydrogen-bond donors (Lipinski definition) is 2. The summed E-state index contributed by atoms with van der Waals surface area (Å²) in [4.78, 5) is 13.1. The molecule has 1 aliphatic rings. The number of fused-ring (bicyclic) bond motifs is 1. The molecule has 1 aliphatic heterocycles. The summed E-state index contributed by atoms with van der Waals surface area (Å²) in [6.45, 7) is 3.06. The van der Waals surface area contributed by atoms with Gasteiger partial charge in [-0.2, -0.15) is 5.10 Å². The average Bonchev–Trinajstić information content (AvgIpc) is 3.35. The first kappa shape index (κ1) is 19.8. The Labute approximate surface area is 176 Å². The van der Waals surface area contributed by atoms with Gasteiger partial charge in [0.05, 0.1) is 32.5 Å². The van der Waals surface area contributed by atoms with Crippen LogP contribution in [0.2, 0.25) is 0 Å². The Bertz CT molecular complexity index is 1050. The summed E-state index contributed by atoms with van der Waals surface area (Å²) in [5.74, 6) is 2.01. The molecule has 0 spiro atoms. The van der Waals surface area contributed by atoms with Crippen molar-refractivity contribution in [2.75, 3.05) is 19.5 Å². The van der Waals surface area contributed by atoms with Crippen molar-refractivity contribution >= 4 is 11.7 Å². The third-order valence-electron chi connectivity index (χ3n) is 5.39. The molecule has 0 aliphatic carbocycles. The molecule has 30 heavy (non-hydrogen) atoms. The first-order valence-corrected chi connectivity index (χ1v) is 10.0. The van der Waals surface area contributed by atoms with E-state index in [2.05, 4.69) is 27.9 Å². The summed E-state index contributed by atoms with van der Waals surface area (Å²) in [6.07, 6.45) is 0.687. The van der Waals surface area contributed by atoms with Crippen molar-refractivity contribution in [3.63, 3.8) is 0 Å². The second kappa shape index (κ2) is 8.49. The Kier molecular flexibility index (Phi) is 5.61. The molecule has 1 atom stereocenters. The van der Waals surface area contributed by atoms with Crippen LogP contribution in [0, 0.1) is 0 Å². The van der Waals surface area contributed by atoms with Gasteiger partial charge in [-0.05, 0) is 24.1 Å². The molecule has 2 heterocycles. The Hall–Kier alpha value is -3.48. The van der Waals surface area contributed by atoms with Gasteiger partial charge in [-0.25, -0.2) is 4.68 Å². The van der Waals surface area contributed by atoms with Crippen LogP contribution in [0.25, 0.3) is 0 Å². The fourth-order valence-corrected chi connectivity index (χ4v) is 3.80. The Morgan fingerprint density at radius 1 is 1.20 bits per heavy atom. The smallest absolute Gasteiger partial charge is 0.257 e. The van der Waals surface area contributed by atoms with E-state index >= 15 is 0 Å². The Morgan fingerprint density at radius 2 is 2.00 bits per heavy atom. The number of methoxy groups -OCH3 is 2. The molecule has 0 radical (unpaired) electrons. The normalized spacial score (nSPS) is 14.7. The maximum atomic E-state index is 13.1. The molecular formula is C23H26N4O3. The van der Waals surface area contributed by atoms with Gasteiger partial charge in [-0.1, -0.05) is 37.3 Å². The number of rotatable bonds is 7. The highest BCUT2D eigenvalue weighted by atomic mass is 16.5. The minimum absolute atomic E-state index is 0.104. The third kappa shape index (κ3) is 3.70. The molecule has 0 fully saturated rings. The van der Waals surface area contributed by atoms with Gasteiger partial charge in [-0.15, -0.1) is 0 Å². The van der Waals surface area contributed by atoms with Gasteiger partial charge >= 0.3 is 0 Å². The van der Waals surface area contributed by atoms with E-state index in [1.54, 1.807) is 14.2 Å². The second-order valence-electron chi connectivity index (χ2n) is 7.17. The van der Waals surface area contributed by atoms with E-state index in [9.17, 15) is 4.79 Å². The maximum absolute atomic E-state index is 13.1. The summed E-state index contributed by atoms with van der Waals surface area (Å²) >= 11 is 0. The van der Waals surface area contributed by atoms with Crippen LogP contribution in [0.5, 0.6) is 11.5 Å². The standard InChI is InChI=1S/C23H26N4O3/c1-4-18-21(22-25-19(14-27(22)26-18)15-8-6-5-7-9-15)23(28)24-13-16-10-11-17(29-2)12-20(16)30-3/h5-12,19,25H,4,13-14H2,1-3H3,(H,24,28)/t19-/m1/s1. The van der Waals surface area contributed by atoms with Gasteiger partial charge in [0.2, 0.25) is 0 Å². The summed E-state index contributed by atoms with van der Waals surface area (Å²) in [6, 6.07) is 15.9. The van der Waals surface area contributed by atoms with Gasteiger partial charge in [0.1, 0.15) is 22.9 Å². The number of aromatic nitrogens is 2. The van der Waals surface area contributed by atoms with E-state index in [-0.39, 0.29) is 11.9 Å². The zero-order valence-electron chi connectivity index (χ0n) is 17.4. The van der Waals surface area contributed by atoms with Crippen LogP contribution >= 0.6 is 0 Å². The zero-order valence-corrected chi connectivity index (χ0v) is 17.4. The van der Waals surface area contributed by atoms with E-state index in [0.29, 0.717) is 36.6 Å². The Balaban J connectivity index is 1.53. The summed E-state index contributed by atoms with van der Waals surface area (Å²) < 4.78 is 12.6. The van der Waals surface area contributed by atoms with E-state index < -0.39 is 0 Å². The highest BCUT2D eigenvalue weighted by Gasteiger charge is 2.31. The third-order valence-corrected chi connectivity index (χ3v) is 5.39. The molecular weight excluding hydrogens is 380 g/mol. The van der Waals surface area contributed by atoms with Crippen LogP contribution in [-0.4, -0.2) is 29.9 Å². The molecule has 0 saturated carbocycles. The van der Waals surface area contributed by atoms with Crippen molar-refractivity contribution in [2.45, 2.75) is 32.5 Å². The highest BCUT2D eigenvalue weighted by molar-refractivity contribution is 6.00. The van der Waals surface area contributed by atoms with Crippen molar-refractivity contribution in [2.24, 2.45) is 0 Å².